The summed E-state index contributed by atoms with van der Waals surface area (Å²) >= 11 is 0. The number of piperazine rings is 1. The monoisotopic (exact) mass is 154 g/mol. The quantitative estimate of drug-likeness (QED) is 0.523. The van der Waals surface area contributed by atoms with Crippen LogP contribution in [0.3, 0.4) is 0 Å². The number of rotatable bonds is 1. The molecule has 0 aromatic heterocycles. The van der Waals surface area contributed by atoms with Crippen molar-refractivity contribution >= 4 is 6.29 Å². The highest BCUT2D eigenvalue weighted by Crippen LogP contribution is 2.18. The second-order valence-electron chi connectivity index (χ2n) is 3.44. The van der Waals surface area contributed by atoms with Crippen molar-refractivity contribution in [3.8, 4) is 0 Å². The Labute approximate surface area is 66.8 Å². The standard InChI is InChI=1S/C8H14N2O/c11-6-7-5-10-3-1-2-8(10)4-9-7/h6-9H,1-5H2/t7?,8-/m1/s1. The zero-order valence-corrected chi connectivity index (χ0v) is 6.62. The fraction of sp³-hybridized carbons (Fsp3) is 0.875. The van der Waals surface area contributed by atoms with Crippen molar-refractivity contribution in [2.24, 2.45) is 0 Å². The van der Waals surface area contributed by atoms with E-state index in [1.165, 1.54) is 19.4 Å². The Kier molecular flexibility index (Phi) is 1.92. The number of hydrogen-bond donors (Lipinski definition) is 1. The predicted molar refractivity (Wildman–Crippen MR) is 42.4 cm³/mol. The van der Waals surface area contributed by atoms with Gasteiger partial charge in [-0.05, 0) is 19.4 Å². The summed E-state index contributed by atoms with van der Waals surface area (Å²) in [5, 5.41) is 3.23. The van der Waals surface area contributed by atoms with Gasteiger partial charge in [-0.3, -0.25) is 4.90 Å². The van der Waals surface area contributed by atoms with E-state index in [0.29, 0.717) is 6.04 Å². The Hall–Kier alpha value is -0.410. The van der Waals surface area contributed by atoms with Crippen LogP contribution in [0.2, 0.25) is 0 Å². The van der Waals surface area contributed by atoms with Gasteiger partial charge in [0.05, 0.1) is 6.04 Å². The molecule has 1 unspecified atom stereocenters. The third-order valence-electron chi connectivity index (χ3n) is 2.71. The summed E-state index contributed by atoms with van der Waals surface area (Å²) in [6.07, 6.45) is 3.63. The lowest BCUT2D eigenvalue weighted by Crippen LogP contribution is -2.54. The molecule has 62 valence electrons. The zero-order chi connectivity index (χ0) is 7.68. The minimum atomic E-state index is 0.0874. The van der Waals surface area contributed by atoms with Crippen LogP contribution in [0.5, 0.6) is 0 Å². The number of fused-ring (bicyclic) bond motifs is 1. The molecule has 0 amide bonds. The average molecular weight is 154 g/mol. The molecule has 0 aromatic carbocycles. The van der Waals surface area contributed by atoms with Crippen molar-refractivity contribution in [2.75, 3.05) is 19.6 Å². The summed E-state index contributed by atoms with van der Waals surface area (Å²) in [6, 6.07) is 0.801. The maximum atomic E-state index is 10.5. The third kappa shape index (κ3) is 1.30. The average Bonchev–Trinajstić information content (AvgIpc) is 2.50. The fourth-order valence-corrected chi connectivity index (χ4v) is 2.06. The molecule has 0 spiro atoms. The van der Waals surface area contributed by atoms with E-state index in [-0.39, 0.29) is 6.04 Å². The van der Waals surface area contributed by atoms with Gasteiger partial charge in [0, 0.05) is 19.1 Å². The van der Waals surface area contributed by atoms with Gasteiger partial charge in [-0.2, -0.15) is 0 Å². The summed E-state index contributed by atoms with van der Waals surface area (Å²) in [6.45, 7) is 3.12. The lowest BCUT2D eigenvalue weighted by molar-refractivity contribution is -0.110. The molecule has 3 nitrogen and oxygen atoms in total. The summed E-state index contributed by atoms with van der Waals surface area (Å²) < 4.78 is 0. The first-order valence-electron chi connectivity index (χ1n) is 4.33. The maximum absolute atomic E-state index is 10.5. The molecule has 2 aliphatic heterocycles. The minimum Gasteiger partial charge on any atom is -0.305 e. The number of nitrogens with zero attached hydrogens (tertiary/aromatic N) is 1. The number of carbonyl (C=O) groups excluding carboxylic acids is 1. The number of nitrogens with one attached hydrogen (secondary N) is 1. The number of hydrogen-bond acceptors (Lipinski definition) is 3. The van der Waals surface area contributed by atoms with E-state index in [9.17, 15) is 4.79 Å². The summed E-state index contributed by atoms with van der Waals surface area (Å²) in [5.41, 5.74) is 0. The lowest BCUT2D eigenvalue weighted by Gasteiger charge is -2.33. The molecule has 0 bridgehead atoms. The van der Waals surface area contributed by atoms with Crippen LogP contribution in [0.1, 0.15) is 12.8 Å². The van der Waals surface area contributed by atoms with E-state index in [0.717, 1.165) is 19.4 Å². The van der Waals surface area contributed by atoms with Crippen LogP contribution in [0.4, 0.5) is 0 Å². The summed E-state index contributed by atoms with van der Waals surface area (Å²) in [5.74, 6) is 0. The summed E-state index contributed by atoms with van der Waals surface area (Å²) in [7, 11) is 0. The third-order valence-corrected chi connectivity index (χ3v) is 2.71. The Bertz CT molecular complexity index is 160. The van der Waals surface area contributed by atoms with Gasteiger partial charge >= 0.3 is 0 Å². The van der Waals surface area contributed by atoms with Crippen molar-refractivity contribution in [3.05, 3.63) is 0 Å². The van der Waals surface area contributed by atoms with Gasteiger partial charge in [-0.25, -0.2) is 0 Å². The van der Waals surface area contributed by atoms with Crippen LogP contribution in [0.15, 0.2) is 0 Å². The van der Waals surface area contributed by atoms with Crippen LogP contribution >= 0.6 is 0 Å². The van der Waals surface area contributed by atoms with E-state index in [1.807, 2.05) is 0 Å². The topological polar surface area (TPSA) is 32.3 Å². The molecular weight excluding hydrogens is 140 g/mol. The van der Waals surface area contributed by atoms with Crippen molar-refractivity contribution in [1.82, 2.24) is 10.2 Å². The number of carbonyl (C=O) groups is 1. The SMILES string of the molecule is O=CC1CN2CCC[C@@H]2CN1. The van der Waals surface area contributed by atoms with Crippen LogP contribution in [-0.2, 0) is 4.79 Å². The smallest absolute Gasteiger partial charge is 0.138 e. The highest BCUT2D eigenvalue weighted by Gasteiger charge is 2.30. The molecule has 1 N–H and O–H groups in total. The van der Waals surface area contributed by atoms with Gasteiger partial charge in [0.1, 0.15) is 6.29 Å². The Morgan fingerprint density at radius 2 is 2.45 bits per heavy atom. The van der Waals surface area contributed by atoms with E-state index >= 15 is 0 Å². The van der Waals surface area contributed by atoms with Crippen molar-refractivity contribution < 1.29 is 4.79 Å². The molecule has 3 heteroatoms. The molecule has 0 aliphatic carbocycles. The molecule has 2 fully saturated rings. The Morgan fingerprint density at radius 3 is 3.27 bits per heavy atom. The van der Waals surface area contributed by atoms with E-state index in [1.54, 1.807) is 0 Å². The van der Waals surface area contributed by atoms with Crippen LogP contribution in [0, 0.1) is 0 Å². The molecule has 2 rings (SSSR count). The Morgan fingerprint density at radius 1 is 1.55 bits per heavy atom. The first kappa shape index (κ1) is 7.25. The predicted octanol–water partition coefficient (Wildman–Crippen LogP) is -0.378. The van der Waals surface area contributed by atoms with Gasteiger partial charge < -0.3 is 10.1 Å². The van der Waals surface area contributed by atoms with Crippen molar-refractivity contribution in [3.63, 3.8) is 0 Å². The molecule has 2 aliphatic rings. The Balaban J connectivity index is 1.96. The van der Waals surface area contributed by atoms with Crippen LogP contribution in [-0.4, -0.2) is 42.9 Å². The first-order valence-corrected chi connectivity index (χ1v) is 4.33. The van der Waals surface area contributed by atoms with Gasteiger partial charge in [0.25, 0.3) is 0 Å². The number of aldehydes is 1. The maximum Gasteiger partial charge on any atom is 0.138 e. The highest BCUT2D eigenvalue weighted by molar-refractivity contribution is 5.58. The minimum absolute atomic E-state index is 0.0874. The largest absolute Gasteiger partial charge is 0.305 e. The van der Waals surface area contributed by atoms with Crippen molar-refractivity contribution in [2.45, 2.75) is 24.9 Å². The molecule has 0 aromatic rings. The second kappa shape index (κ2) is 2.91. The molecular formula is C8H14N2O. The molecule has 2 atom stereocenters. The van der Waals surface area contributed by atoms with Gasteiger partial charge in [0.15, 0.2) is 0 Å². The molecule has 2 heterocycles. The zero-order valence-electron chi connectivity index (χ0n) is 6.62. The van der Waals surface area contributed by atoms with Crippen molar-refractivity contribution in [1.29, 1.82) is 0 Å². The van der Waals surface area contributed by atoms with Crippen LogP contribution < -0.4 is 5.32 Å². The normalized spacial score (nSPS) is 38.5. The fourth-order valence-electron chi connectivity index (χ4n) is 2.06. The van der Waals surface area contributed by atoms with E-state index in [4.69, 9.17) is 0 Å². The van der Waals surface area contributed by atoms with Gasteiger partial charge in [0.2, 0.25) is 0 Å². The molecule has 0 saturated carbocycles. The van der Waals surface area contributed by atoms with E-state index < -0.39 is 0 Å². The second-order valence-corrected chi connectivity index (χ2v) is 3.44. The lowest BCUT2D eigenvalue weighted by atomic mass is 10.1. The van der Waals surface area contributed by atoms with Crippen LogP contribution in [0.25, 0.3) is 0 Å². The summed E-state index contributed by atoms with van der Waals surface area (Å²) in [4.78, 5) is 12.9. The highest BCUT2D eigenvalue weighted by atomic mass is 16.1. The molecule has 2 saturated heterocycles. The molecule has 0 radical (unpaired) electrons. The van der Waals surface area contributed by atoms with Gasteiger partial charge in [-0.15, -0.1) is 0 Å². The van der Waals surface area contributed by atoms with E-state index in [2.05, 4.69) is 10.2 Å². The first-order chi connectivity index (χ1) is 5.40. The van der Waals surface area contributed by atoms with Gasteiger partial charge in [-0.1, -0.05) is 0 Å². The molecule has 11 heavy (non-hydrogen) atoms.